The maximum absolute atomic E-state index is 13.3. The SMILES string of the molecule is COc1cc(COc2ccc(Cl)c(F)c2)ccc1C#N. The number of benzene rings is 2. The Balaban J connectivity index is 2.11. The molecule has 0 saturated carbocycles. The minimum atomic E-state index is -0.526. The van der Waals surface area contributed by atoms with Gasteiger partial charge in [0.25, 0.3) is 0 Å². The molecule has 0 aliphatic heterocycles. The van der Waals surface area contributed by atoms with Crippen LogP contribution >= 0.6 is 11.6 Å². The molecule has 0 N–H and O–H groups in total. The van der Waals surface area contributed by atoms with Crippen molar-refractivity contribution in [1.82, 2.24) is 0 Å². The standard InChI is InChI=1S/C15H11ClFNO2/c1-19-15-6-10(2-3-11(15)8-18)9-20-12-4-5-13(16)14(17)7-12/h2-7H,9H2,1H3. The molecule has 0 atom stereocenters. The number of hydrogen-bond acceptors (Lipinski definition) is 3. The van der Waals surface area contributed by atoms with E-state index in [9.17, 15) is 4.39 Å². The van der Waals surface area contributed by atoms with Gasteiger partial charge in [-0.2, -0.15) is 5.26 Å². The molecule has 0 unspecified atom stereocenters. The van der Waals surface area contributed by atoms with Gasteiger partial charge in [-0.1, -0.05) is 17.7 Å². The molecule has 2 aromatic rings. The molecule has 0 aromatic heterocycles. The number of nitriles is 1. The molecule has 2 aromatic carbocycles. The Morgan fingerprint density at radius 3 is 2.70 bits per heavy atom. The van der Waals surface area contributed by atoms with Crippen molar-refractivity contribution < 1.29 is 13.9 Å². The molecule has 20 heavy (non-hydrogen) atoms. The van der Waals surface area contributed by atoms with Gasteiger partial charge >= 0.3 is 0 Å². The third-order valence-corrected chi connectivity index (χ3v) is 2.99. The van der Waals surface area contributed by atoms with Crippen molar-refractivity contribution in [2.24, 2.45) is 0 Å². The molecule has 0 amide bonds. The number of hydrogen-bond donors (Lipinski definition) is 0. The van der Waals surface area contributed by atoms with Crippen LogP contribution in [0.3, 0.4) is 0 Å². The molecular weight excluding hydrogens is 281 g/mol. The fourth-order valence-electron chi connectivity index (χ4n) is 1.65. The van der Waals surface area contributed by atoms with Crippen LogP contribution in [0, 0.1) is 17.1 Å². The molecule has 0 spiro atoms. The van der Waals surface area contributed by atoms with Crippen molar-refractivity contribution in [3.05, 3.63) is 58.4 Å². The molecule has 0 saturated heterocycles. The van der Waals surface area contributed by atoms with E-state index in [1.165, 1.54) is 19.2 Å². The van der Waals surface area contributed by atoms with Crippen LogP contribution in [0.2, 0.25) is 5.02 Å². The van der Waals surface area contributed by atoms with E-state index in [2.05, 4.69) is 0 Å². The lowest BCUT2D eigenvalue weighted by molar-refractivity contribution is 0.303. The van der Waals surface area contributed by atoms with Crippen molar-refractivity contribution in [2.45, 2.75) is 6.61 Å². The summed E-state index contributed by atoms with van der Waals surface area (Å²) in [6.45, 7) is 0.239. The first-order chi connectivity index (χ1) is 9.63. The number of methoxy groups -OCH3 is 1. The lowest BCUT2D eigenvalue weighted by Crippen LogP contribution is -1.97. The van der Waals surface area contributed by atoms with Gasteiger partial charge in [0.1, 0.15) is 30.0 Å². The third kappa shape index (κ3) is 3.19. The molecule has 2 rings (SSSR count). The molecule has 102 valence electrons. The average Bonchev–Trinajstić information content (AvgIpc) is 2.48. The molecule has 0 aliphatic rings. The van der Waals surface area contributed by atoms with Gasteiger partial charge in [-0.15, -0.1) is 0 Å². The van der Waals surface area contributed by atoms with E-state index in [0.717, 1.165) is 5.56 Å². The first kappa shape index (κ1) is 14.2. The van der Waals surface area contributed by atoms with Crippen LogP contribution in [0.5, 0.6) is 11.5 Å². The molecule has 0 radical (unpaired) electrons. The van der Waals surface area contributed by atoms with E-state index in [1.807, 2.05) is 6.07 Å². The highest BCUT2D eigenvalue weighted by Gasteiger charge is 2.05. The van der Waals surface area contributed by atoms with Crippen molar-refractivity contribution in [2.75, 3.05) is 7.11 Å². The van der Waals surface area contributed by atoms with Gasteiger partial charge < -0.3 is 9.47 Å². The Kier molecular flexibility index (Phi) is 4.44. The van der Waals surface area contributed by atoms with Gasteiger partial charge in [-0.25, -0.2) is 4.39 Å². The van der Waals surface area contributed by atoms with E-state index >= 15 is 0 Å². The van der Waals surface area contributed by atoms with Gasteiger partial charge in [0.15, 0.2) is 0 Å². The van der Waals surface area contributed by atoms with Crippen LogP contribution < -0.4 is 9.47 Å². The summed E-state index contributed by atoms with van der Waals surface area (Å²) in [6.07, 6.45) is 0. The first-order valence-electron chi connectivity index (χ1n) is 5.79. The van der Waals surface area contributed by atoms with Gasteiger partial charge in [-0.05, 0) is 29.8 Å². The summed E-state index contributed by atoms with van der Waals surface area (Å²) in [4.78, 5) is 0. The Morgan fingerprint density at radius 2 is 2.05 bits per heavy atom. The van der Waals surface area contributed by atoms with Crippen LogP contribution in [0.15, 0.2) is 36.4 Å². The van der Waals surface area contributed by atoms with E-state index in [0.29, 0.717) is 17.1 Å². The summed E-state index contributed by atoms with van der Waals surface area (Å²) in [7, 11) is 1.50. The van der Waals surface area contributed by atoms with E-state index in [-0.39, 0.29) is 11.6 Å². The van der Waals surface area contributed by atoms with Gasteiger partial charge in [0.05, 0.1) is 17.7 Å². The molecule has 0 heterocycles. The third-order valence-electron chi connectivity index (χ3n) is 2.68. The second kappa shape index (κ2) is 6.27. The summed E-state index contributed by atoms with van der Waals surface area (Å²) < 4.78 is 23.8. The quantitative estimate of drug-likeness (QED) is 0.857. The maximum Gasteiger partial charge on any atom is 0.145 e. The lowest BCUT2D eigenvalue weighted by Gasteiger charge is -2.09. The Hall–Kier alpha value is -2.25. The highest BCUT2D eigenvalue weighted by Crippen LogP contribution is 2.23. The summed E-state index contributed by atoms with van der Waals surface area (Å²) in [5, 5.41) is 8.94. The fraction of sp³-hybridized carbons (Fsp3) is 0.133. The second-order valence-corrected chi connectivity index (χ2v) is 4.42. The first-order valence-corrected chi connectivity index (χ1v) is 6.16. The number of rotatable bonds is 4. The van der Waals surface area contributed by atoms with Crippen molar-refractivity contribution in [3.8, 4) is 17.6 Å². The van der Waals surface area contributed by atoms with Crippen LogP contribution in [-0.2, 0) is 6.61 Å². The van der Waals surface area contributed by atoms with Gasteiger partial charge in [0, 0.05) is 6.07 Å². The van der Waals surface area contributed by atoms with Gasteiger partial charge in [-0.3, -0.25) is 0 Å². The minimum Gasteiger partial charge on any atom is -0.495 e. The largest absolute Gasteiger partial charge is 0.495 e. The number of ether oxygens (including phenoxy) is 2. The zero-order valence-corrected chi connectivity index (χ0v) is 11.4. The van der Waals surface area contributed by atoms with E-state index in [4.69, 9.17) is 26.3 Å². The Morgan fingerprint density at radius 1 is 1.25 bits per heavy atom. The summed E-state index contributed by atoms with van der Waals surface area (Å²) in [6, 6.07) is 11.4. The maximum atomic E-state index is 13.3. The fourth-order valence-corrected chi connectivity index (χ4v) is 1.77. The zero-order chi connectivity index (χ0) is 14.5. The molecular formula is C15H11ClFNO2. The molecule has 0 aliphatic carbocycles. The van der Waals surface area contributed by atoms with E-state index in [1.54, 1.807) is 24.3 Å². The van der Waals surface area contributed by atoms with Crippen molar-refractivity contribution in [1.29, 1.82) is 5.26 Å². The smallest absolute Gasteiger partial charge is 0.145 e. The van der Waals surface area contributed by atoms with Crippen LogP contribution in [-0.4, -0.2) is 7.11 Å². The molecule has 0 bridgehead atoms. The number of nitrogens with zero attached hydrogens (tertiary/aromatic N) is 1. The molecule has 5 heteroatoms. The van der Waals surface area contributed by atoms with Crippen LogP contribution in [0.1, 0.15) is 11.1 Å². The highest BCUT2D eigenvalue weighted by atomic mass is 35.5. The Labute approximate surface area is 121 Å². The minimum absolute atomic E-state index is 0.0531. The summed E-state index contributed by atoms with van der Waals surface area (Å²) >= 11 is 5.59. The molecule has 0 fully saturated rings. The van der Waals surface area contributed by atoms with Crippen molar-refractivity contribution >= 4 is 11.6 Å². The summed E-state index contributed by atoms with van der Waals surface area (Å²) in [5.74, 6) is 0.340. The predicted octanol–water partition coefficient (Wildman–Crippen LogP) is 3.94. The second-order valence-electron chi connectivity index (χ2n) is 4.01. The predicted molar refractivity (Wildman–Crippen MR) is 73.5 cm³/mol. The van der Waals surface area contributed by atoms with Crippen LogP contribution in [0.4, 0.5) is 4.39 Å². The highest BCUT2D eigenvalue weighted by molar-refractivity contribution is 6.30. The Bertz CT molecular complexity index is 667. The monoisotopic (exact) mass is 291 g/mol. The lowest BCUT2D eigenvalue weighted by atomic mass is 10.1. The van der Waals surface area contributed by atoms with Gasteiger partial charge in [0.2, 0.25) is 0 Å². The topological polar surface area (TPSA) is 42.2 Å². The average molecular weight is 292 g/mol. The number of halogens is 2. The van der Waals surface area contributed by atoms with Crippen molar-refractivity contribution in [3.63, 3.8) is 0 Å². The zero-order valence-electron chi connectivity index (χ0n) is 10.7. The van der Waals surface area contributed by atoms with Crippen LogP contribution in [0.25, 0.3) is 0 Å². The summed E-state index contributed by atoms with van der Waals surface area (Å²) in [5.41, 5.74) is 1.27. The normalized spacial score (nSPS) is 9.90. The van der Waals surface area contributed by atoms with E-state index < -0.39 is 5.82 Å². The molecule has 3 nitrogen and oxygen atoms in total.